The van der Waals surface area contributed by atoms with Gasteiger partial charge in [0, 0.05) is 18.5 Å². The minimum Gasteiger partial charge on any atom is -0.461 e. The van der Waals surface area contributed by atoms with Gasteiger partial charge >= 0.3 is 0 Å². The Labute approximate surface area is 111 Å². The maximum atomic E-state index is 11.4. The molecule has 1 aromatic rings. The summed E-state index contributed by atoms with van der Waals surface area (Å²) in [4.78, 5) is 11.4. The van der Waals surface area contributed by atoms with Crippen molar-refractivity contribution in [3.05, 3.63) is 29.7 Å². The van der Waals surface area contributed by atoms with Gasteiger partial charge in [0.2, 0.25) is 5.91 Å². The highest BCUT2D eigenvalue weighted by atomic mass is 16.3. The molecule has 0 radical (unpaired) electrons. The second-order valence-electron chi connectivity index (χ2n) is 4.97. The minimum absolute atomic E-state index is 0.0304. The van der Waals surface area contributed by atoms with Crippen LogP contribution in [-0.2, 0) is 4.79 Å². The zero-order chi connectivity index (χ0) is 13.8. The third kappa shape index (κ3) is 3.94. The van der Waals surface area contributed by atoms with E-state index in [0.717, 1.165) is 12.2 Å². The first-order valence-corrected chi connectivity index (χ1v) is 6.44. The Balaban J connectivity index is 1.81. The maximum Gasteiger partial charge on any atom is 0.244 e. The quantitative estimate of drug-likeness (QED) is 0.667. The highest BCUT2D eigenvalue weighted by Gasteiger charge is 2.36. The molecule has 2 rings (SSSR count). The molecule has 1 aliphatic rings. The first-order chi connectivity index (χ1) is 9.10. The molecule has 0 spiro atoms. The molecule has 0 bridgehead atoms. The average Bonchev–Trinajstić information content (AvgIpc) is 2.95. The Kier molecular flexibility index (Phi) is 4.39. The summed E-state index contributed by atoms with van der Waals surface area (Å²) in [6.45, 7) is 1.84. The van der Waals surface area contributed by atoms with Gasteiger partial charge in [-0.1, -0.05) is 6.92 Å². The molecule has 0 aliphatic heterocycles. The molecule has 1 amide bonds. The van der Waals surface area contributed by atoms with E-state index < -0.39 is 6.10 Å². The lowest BCUT2D eigenvalue weighted by atomic mass is 10.3. The van der Waals surface area contributed by atoms with Gasteiger partial charge in [-0.15, -0.1) is 0 Å². The molecule has 1 aromatic heterocycles. The number of rotatable bonds is 6. The molecule has 104 valence electrons. The van der Waals surface area contributed by atoms with Gasteiger partial charge in [-0.2, -0.15) is 0 Å². The molecule has 19 heavy (non-hydrogen) atoms. The van der Waals surface area contributed by atoms with Crippen LogP contribution in [0.15, 0.2) is 22.6 Å². The van der Waals surface area contributed by atoms with Crippen LogP contribution < -0.4 is 5.32 Å². The maximum absolute atomic E-state index is 11.4. The van der Waals surface area contributed by atoms with Crippen molar-refractivity contribution in [2.75, 3.05) is 13.2 Å². The standard InChI is InChI=1S/C14H19NO4/c1-9-6-12(9)13-4-2-11(19-13)3-5-14(18)15-7-10(17)8-16/h2-5,9-10,12,16-17H,6-8H2,1H3,(H,15,18). The molecule has 1 aliphatic carbocycles. The third-order valence-corrected chi connectivity index (χ3v) is 3.24. The van der Waals surface area contributed by atoms with E-state index in [-0.39, 0.29) is 19.1 Å². The molecule has 0 aromatic carbocycles. The van der Waals surface area contributed by atoms with Gasteiger partial charge in [-0.3, -0.25) is 4.79 Å². The number of hydrogen-bond acceptors (Lipinski definition) is 4. The number of furan rings is 1. The lowest BCUT2D eigenvalue weighted by Gasteiger charge is -2.06. The Hall–Kier alpha value is -1.59. The number of hydrogen-bond donors (Lipinski definition) is 3. The van der Waals surface area contributed by atoms with Gasteiger partial charge < -0.3 is 19.9 Å². The Morgan fingerprint density at radius 1 is 1.63 bits per heavy atom. The van der Waals surface area contributed by atoms with Crippen LogP contribution >= 0.6 is 0 Å². The fourth-order valence-corrected chi connectivity index (χ4v) is 1.88. The third-order valence-electron chi connectivity index (χ3n) is 3.24. The van der Waals surface area contributed by atoms with Crippen molar-refractivity contribution in [1.29, 1.82) is 0 Å². The van der Waals surface area contributed by atoms with Crippen LogP contribution in [0.1, 0.15) is 30.8 Å². The van der Waals surface area contributed by atoms with Crippen LogP contribution in [-0.4, -0.2) is 35.4 Å². The molecule has 1 fully saturated rings. The summed E-state index contributed by atoms with van der Waals surface area (Å²) in [7, 11) is 0. The van der Waals surface area contributed by atoms with E-state index in [9.17, 15) is 4.79 Å². The van der Waals surface area contributed by atoms with Gasteiger partial charge in [0.1, 0.15) is 11.5 Å². The van der Waals surface area contributed by atoms with Crippen molar-refractivity contribution in [3.8, 4) is 0 Å². The Morgan fingerprint density at radius 2 is 2.37 bits per heavy atom. The van der Waals surface area contributed by atoms with Gasteiger partial charge in [-0.25, -0.2) is 0 Å². The van der Waals surface area contributed by atoms with E-state index in [4.69, 9.17) is 14.6 Å². The largest absolute Gasteiger partial charge is 0.461 e. The molecular formula is C14H19NO4. The molecule has 1 heterocycles. The van der Waals surface area contributed by atoms with Crippen molar-refractivity contribution < 1.29 is 19.4 Å². The predicted molar refractivity (Wildman–Crippen MR) is 70.4 cm³/mol. The van der Waals surface area contributed by atoms with Crippen molar-refractivity contribution in [1.82, 2.24) is 5.32 Å². The topological polar surface area (TPSA) is 82.7 Å². The second kappa shape index (κ2) is 6.04. The Bertz CT molecular complexity index is 466. The van der Waals surface area contributed by atoms with Crippen LogP contribution in [0.5, 0.6) is 0 Å². The van der Waals surface area contributed by atoms with E-state index in [2.05, 4.69) is 12.2 Å². The van der Waals surface area contributed by atoms with E-state index >= 15 is 0 Å². The van der Waals surface area contributed by atoms with Crippen LogP contribution in [0.2, 0.25) is 0 Å². The normalized spacial score (nSPS) is 23.5. The molecular weight excluding hydrogens is 246 g/mol. The lowest BCUT2D eigenvalue weighted by molar-refractivity contribution is -0.117. The van der Waals surface area contributed by atoms with Crippen LogP contribution in [0.25, 0.3) is 6.08 Å². The summed E-state index contributed by atoms with van der Waals surface area (Å²) in [6, 6.07) is 3.79. The van der Waals surface area contributed by atoms with Crippen LogP contribution in [0, 0.1) is 5.92 Å². The van der Waals surface area contributed by atoms with E-state index in [0.29, 0.717) is 17.6 Å². The summed E-state index contributed by atoms with van der Waals surface area (Å²) in [5.74, 6) is 2.50. The SMILES string of the molecule is CC1CC1c1ccc(C=CC(=O)NCC(O)CO)o1. The first-order valence-electron chi connectivity index (χ1n) is 6.44. The highest BCUT2D eigenvalue weighted by molar-refractivity contribution is 5.91. The summed E-state index contributed by atoms with van der Waals surface area (Å²) in [5, 5.41) is 20.2. The number of carbonyl (C=O) groups is 1. The number of carbonyl (C=O) groups excluding carboxylic acids is 1. The Morgan fingerprint density at radius 3 is 3.00 bits per heavy atom. The summed E-state index contributed by atoms with van der Waals surface area (Å²) < 4.78 is 5.62. The van der Waals surface area contributed by atoms with Gasteiger partial charge in [-0.05, 0) is 30.5 Å². The first kappa shape index (κ1) is 13.8. The van der Waals surface area contributed by atoms with Gasteiger partial charge in [0.15, 0.2) is 0 Å². The van der Waals surface area contributed by atoms with Crippen LogP contribution in [0.3, 0.4) is 0 Å². The zero-order valence-corrected chi connectivity index (χ0v) is 10.9. The molecule has 5 nitrogen and oxygen atoms in total. The number of aliphatic hydroxyl groups excluding tert-OH is 2. The number of aliphatic hydroxyl groups is 2. The summed E-state index contributed by atoms with van der Waals surface area (Å²) >= 11 is 0. The van der Waals surface area contributed by atoms with Crippen molar-refractivity contribution in [2.45, 2.75) is 25.4 Å². The smallest absolute Gasteiger partial charge is 0.244 e. The van der Waals surface area contributed by atoms with E-state index in [1.165, 1.54) is 6.08 Å². The van der Waals surface area contributed by atoms with Crippen LogP contribution in [0.4, 0.5) is 0 Å². The molecule has 3 N–H and O–H groups in total. The summed E-state index contributed by atoms with van der Waals surface area (Å²) in [5.41, 5.74) is 0. The van der Waals surface area contributed by atoms with Gasteiger partial charge in [0.25, 0.3) is 0 Å². The lowest BCUT2D eigenvalue weighted by Crippen LogP contribution is -2.32. The number of amides is 1. The van der Waals surface area contributed by atoms with Crippen molar-refractivity contribution >= 4 is 12.0 Å². The minimum atomic E-state index is -0.927. The summed E-state index contributed by atoms with van der Waals surface area (Å²) in [6.07, 6.45) is 3.18. The predicted octanol–water partition coefficient (Wildman–Crippen LogP) is 0.886. The molecule has 1 saturated carbocycles. The zero-order valence-electron chi connectivity index (χ0n) is 10.9. The number of nitrogens with one attached hydrogen (secondary N) is 1. The fraction of sp³-hybridized carbons (Fsp3) is 0.500. The molecule has 3 unspecified atom stereocenters. The molecule has 3 atom stereocenters. The van der Waals surface area contributed by atoms with Crippen molar-refractivity contribution in [2.24, 2.45) is 5.92 Å². The van der Waals surface area contributed by atoms with Gasteiger partial charge in [0.05, 0.1) is 12.7 Å². The molecule has 0 saturated heterocycles. The highest BCUT2D eigenvalue weighted by Crippen LogP contribution is 2.47. The van der Waals surface area contributed by atoms with E-state index in [1.54, 1.807) is 6.08 Å². The van der Waals surface area contributed by atoms with Crippen molar-refractivity contribution in [3.63, 3.8) is 0 Å². The average molecular weight is 265 g/mol. The molecule has 5 heteroatoms. The fourth-order valence-electron chi connectivity index (χ4n) is 1.88. The van der Waals surface area contributed by atoms with E-state index in [1.807, 2.05) is 12.1 Å². The second-order valence-corrected chi connectivity index (χ2v) is 4.97. The monoisotopic (exact) mass is 265 g/mol.